The summed E-state index contributed by atoms with van der Waals surface area (Å²) < 4.78 is 0. The molecular formula is C15H22ClN3O. The lowest BCUT2D eigenvalue weighted by atomic mass is 9.89. The number of carbonyl (C=O) groups is 1. The van der Waals surface area contributed by atoms with Crippen LogP contribution in [0.25, 0.3) is 0 Å². The lowest BCUT2D eigenvalue weighted by Gasteiger charge is -2.34. The van der Waals surface area contributed by atoms with E-state index in [0.717, 1.165) is 25.4 Å². The highest BCUT2D eigenvalue weighted by Crippen LogP contribution is 2.24. The first kappa shape index (κ1) is 15.1. The number of benzene rings is 1. The van der Waals surface area contributed by atoms with Crippen LogP contribution in [0.5, 0.6) is 0 Å². The van der Waals surface area contributed by atoms with Crippen molar-refractivity contribution in [3.8, 4) is 0 Å². The Balaban J connectivity index is 1.89. The zero-order valence-electron chi connectivity index (χ0n) is 12.0. The molecule has 1 aromatic carbocycles. The summed E-state index contributed by atoms with van der Waals surface area (Å²) in [6.45, 7) is 6.89. The Morgan fingerprint density at radius 1 is 1.45 bits per heavy atom. The zero-order valence-corrected chi connectivity index (χ0v) is 12.8. The number of piperidine rings is 1. The van der Waals surface area contributed by atoms with Crippen LogP contribution in [0, 0.1) is 11.8 Å². The Labute approximate surface area is 125 Å². The molecule has 0 spiro atoms. The first-order valence-corrected chi connectivity index (χ1v) is 7.40. The van der Waals surface area contributed by atoms with E-state index in [1.165, 1.54) is 0 Å². The van der Waals surface area contributed by atoms with Crippen molar-refractivity contribution in [3.05, 3.63) is 23.2 Å². The number of halogens is 1. The van der Waals surface area contributed by atoms with Crippen LogP contribution in [0.2, 0.25) is 5.02 Å². The lowest BCUT2D eigenvalue weighted by Crippen LogP contribution is -2.42. The molecule has 110 valence electrons. The first-order chi connectivity index (χ1) is 9.45. The number of rotatable bonds is 3. The van der Waals surface area contributed by atoms with Crippen molar-refractivity contribution in [1.29, 1.82) is 0 Å². The SMILES string of the molecule is CC1CCN(CC(=O)Nc2ccc(Cl)cc2N)CC1C. The number of nitrogens with zero attached hydrogens (tertiary/aromatic N) is 1. The number of hydrogen-bond acceptors (Lipinski definition) is 3. The number of anilines is 2. The van der Waals surface area contributed by atoms with Gasteiger partial charge in [0.05, 0.1) is 17.9 Å². The van der Waals surface area contributed by atoms with Crippen molar-refractivity contribution in [1.82, 2.24) is 4.90 Å². The van der Waals surface area contributed by atoms with Crippen LogP contribution < -0.4 is 11.1 Å². The van der Waals surface area contributed by atoms with E-state index in [1.807, 2.05) is 0 Å². The second kappa shape index (κ2) is 6.46. The van der Waals surface area contributed by atoms with Gasteiger partial charge in [0.2, 0.25) is 5.91 Å². The van der Waals surface area contributed by atoms with E-state index in [9.17, 15) is 4.79 Å². The minimum absolute atomic E-state index is 0.0271. The summed E-state index contributed by atoms with van der Waals surface area (Å²) in [6, 6.07) is 5.09. The van der Waals surface area contributed by atoms with E-state index in [2.05, 4.69) is 24.1 Å². The molecule has 1 heterocycles. The largest absolute Gasteiger partial charge is 0.397 e. The molecular weight excluding hydrogens is 274 g/mol. The number of amides is 1. The van der Waals surface area contributed by atoms with Gasteiger partial charge in [-0.05, 0) is 43.0 Å². The van der Waals surface area contributed by atoms with Gasteiger partial charge < -0.3 is 11.1 Å². The van der Waals surface area contributed by atoms with Gasteiger partial charge >= 0.3 is 0 Å². The topological polar surface area (TPSA) is 58.4 Å². The average molecular weight is 296 g/mol. The standard InChI is InChI=1S/C15H22ClN3O/c1-10-5-6-19(8-11(10)2)9-15(20)18-14-4-3-12(16)7-13(14)17/h3-4,7,10-11H,5-6,8-9,17H2,1-2H3,(H,18,20). The van der Waals surface area contributed by atoms with Crippen LogP contribution in [0.15, 0.2) is 18.2 Å². The van der Waals surface area contributed by atoms with Crippen LogP contribution in [-0.4, -0.2) is 30.4 Å². The summed E-state index contributed by atoms with van der Waals surface area (Å²) in [6.07, 6.45) is 1.15. The molecule has 0 saturated carbocycles. The molecule has 4 nitrogen and oxygen atoms in total. The highest BCUT2D eigenvalue weighted by Gasteiger charge is 2.23. The average Bonchev–Trinajstić information content (AvgIpc) is 2.37. The maximum atomic E-state index is 12.1. The molecule has 0 aromatic heterocycles. The van der Waals surface area contributed by atoms with E-state index >= 15 is 0 Å². The van der Waals surface area contributed by atoms with E-state index in [4.69, 9.17) is 17.3 Å². The third kappa shape index (κ3) is 3.87. The first-order valence-electron chi connectivity index (χ1n) is 7.03. The fraction of sp³-hybridized carbons (Fsp3) is 0.533. The number of nitrogens with two attached hydrogens (primary N) is 1. The Kier molecular flexibility index (Phi) is 4.89. The predicted octanol–water partition coefficient (Wildman–Crippen LogP) is 2.84. The highest BCUT2D eigenvalue weighted by molar-refractivity contribution is 6.31. The summed E-state index contributed by atoms with van der Waals surface area (Å²) in [5.41, 5.74) is 6.95. The van der Waals surface area contributed by atoms with Crippen LogP contribution in [-0.2, 0) is 4.79 Å². The van der Waals surface area contributed by atoms with Crippen molar-refractivity contribution >= 4 is 28.9 Å². The number of hydrogen-bond donors (Lipinski definition) is 2. The summed E-state index contributed by atoms with van der Waals surface area (Å²) in [5, 5.41) is 3.42. The molecule has 20 heavy (non-hydrogen) atoms. The Morgan fingerprint density at radius 3 is 2.85 bits per heavy atom. The van der Waals surface area contributed by atoms with Crippen LogP contribution in [0.3, 0.4) is 0 Å². The molecule has 5 heteroatoms. The van der Waals surface area contributed by atoms with E-state index in [0.29, 0.717) is 28.9 Å². The normalized spacial score (nSPS) is 23.6. The Bertz CT molecular complexity index is 492. The van der Waals surface area contributed by atoms with Gasteiger partial charge in [-0.1, -0.05) is 25.4 Å². The van der Waals surface area contributed by atoms with Gasteiger partial charge in [-0.25, -0.2) is 0 Å². The maximum Gasteiger partial charge on any atom is 0.238 e. The second-order valence-electron chi connectivity index (χ2n) is 5.76. The Hall–Kier alpha value is -1.26. The third-order valence-corrected chi connectivity index (χ3v) is 4.31. The molecule has 2 unspecified atom stereocenters. The smallest absolute Gasteiger partial charge is 0.238 e. The van der Waals surface area contributed by atoms with Crippen LogP contribution in [0.4, 0.5) is 11.4 Å². The van der Waals surface area contributed by atoms with Gasteiger partial charge in [0.1, 0.15) is 0 Å². The number of nitrogen functional groups attached to an aromatic ring is 1. The molecule has 0 aliphatic carbocycles. The summed E-state index contributed by atoms with van der Waals surface area (Å²) >= 11 is 5.84. The van der Waals surface area contributed by atoms with Gasteiger partial charge in [0.25, 0.3) is 0 Å². The zero-order chi connectivity index (χ0) is 14.7. The second-order valence-corrected chi connectivity index (χ2v) is 6.19. The van der Waals surface area contributed by atoms with Gasteiger partial charge in [0.15, 0.2) is 0 Å². The van der Waals surface area contributed by atoms with Crippen LogP contribution >= 0.6 is 11.6 Å². The van der Waals surface area contributed by atoms with Gasteiger partial charge in [0, 0.05) is 11.6 Å². The molecule has 2 rings (SSSR count). The maximum absolute atomic E-state index is 12.1. The minimum Gasteiger partial charge on any atom is -0.397 e. The van der Waals surface area contributed by atoms with Crippen molar-refractivity contribution in [2.24, 2.45) is 11.8 Å². The molecule has 3 N–H and O–H groups in total. The summed E-state index contributed by atoms with van der Waals surface area (Å²) in [4.78, 5) is 14.3. The van der Waals surface area contributed by atoms with Crippen molar-refractivity contribution < 1.29 is 4.79 Å². The molecule has 1 amide bonds. The van der Waals surface area contributed by atoms with Gasteiger partial charge in [-0.15, -0.1) is 0 Å². The molecule has 1 aliphatic rings. The molecule has 1 aromatic rings. The lowest BCUT2D eigenvalue weighted by molar-refractivity contribution is -0.117. The van der Waals surface area contributed by atoms with Gasteiger partial charge in [-0.3, -0.25) is 9.69 Å². The van der Waals surface area contributed by atoms with Crippen LogP contribution in [0.1, 0.15) is 20.3 Å². The highest BCUT2D eigenvalue weighted by atomic mass is 35.5. The molecule has 1 aliphatic heterocycles. The quantitative estimate of drug-likeness (QED) is 0.843. The van der Waals surface area contributed by atoms with E-state index in [-0.39, 0.29) is 5.91 Å². The molecule has 1 fully saturated rings. The Morgan fingerprint density at radius 2 is 2.20 bits per heavy atom. The van der Waals surface area contributed by atoms with E-state index < -0.39 is 0 Å². The molecule has 0 bridgehead atoms. The fourth-order valence-electron chi connectivity index (χ4n) is 2.53. The third-order valence-electron chi connectivity index (χ3n) is 4.07. The monoisotopic (exact) mass is 295 g/mol. The van der Waals surface area contributed by atoms with Crippen molar-refractivity contribution in [3.63, 3.8) is 0 Å². The molecule has 0 radical (unpaired) electrons. The number of likely N-dealkylation sites (tertiary alicyclic amines) is 1. The molecule has 2 atom stereocenters. The summed E-state index contributed by atoms with van der Waals surface area (Å²) in [7, 11) is 0. The summed E-state index contributed by atoms with van der Waals surface area (Å²) in [5.74, 6) is 1.35. The van der Waals surface area contributed by atoms with Gasteiger partial charge in [-0.2, -0.15) is 0 Å². The minimum atomic E-state index is -0.0271. The van der Waals surface area contributed by atoms with Crippen molar-refractivity contribution in [2.45, 2.75) is 20.3 Å². The molecule has 1 saturated heterocycles. The fourth-order valence-corrected chi connectivity index (χ4v) is 2.71. The predicted molar refractivity (Wildman–Crippen MR) is 83.9 cm³/mol. The number of carbonyl (C=O) groups excluding carboxylic acids is 1. The van der Waals surface area contributed by atoms with E-state index in [1.54, 1.807) is 18.2 Å². The van der Waals surface area contributed by atoms with Crippen molar-refractivity contribution in [2.75, 3.05) is 30.7 Å². The number of nitrogens with one attached hydrogen (secondary N) is 1.